The number of likely N-dealkylation sites (tertiary alicyclic amines) is 1. The summed E-state index contributed by atoms with van der Waals surface area (Å²) in [7, 11) is 0. The number of amides is 1. The number of hydrogen-bond donors (Lipinski definition) is 1. The number of aryl methyl sites for hydroxylation is 2. The Kier molecular flexibility index (Phi) is 3.36. The van der Waals surface area contributed by atoms with Gasteiger partial charge in [-0.25, -0.2) is 0 Å². The van der Waals surface area contributed by atoms with Crippen LogP contribution in [0.15, 0.2) is 17.0 Å². The van der Waals surface area contributed by atoms with Crippen molar-refractivity contribution in [3.8, 4) is 5.82 Å². The summed E-state index contributed by atoms with van der Waals surface area (Å²) >= 11 is 0. The van der Waals surface area contributed by atoms with Gasteiger partial charge >= 0.3 is 0 Å². The van der Waals surface area contributed by atoms with E-state index < -0.39 is 0 Å². The van der Waals surface area contributed by atoms with Crippen LogP contribution in [0.4, 0.5) is 0 Å². The molecule has 10 heteroatoms. The molecule has 0 bridgehead atoms. The molecule has 1 amide bonds. The van der Waals surface area contributed by atoms with Gasteiger partial charge in [-0.1, -0.05) is 5.16 Å². The fraction of sp³-hybridized carbons (Fsp3) is 0.429. The number of nitrogens with one attached hydrogen (secondary N) is 1. The van der Waals surface area contributed by atoms with Crippen molar-refractivity contribution in [2.45, 2.75) is 32.7 Å². The Balaban J connectivity index is 1.69. The van der Waals surface area contributed by atoms with Gasteiger partial charge < -0.3 is 9.42 Å². The van der Waals surface area contributed by atoms with Crippen LogP contribution in [0.2, 0.25) is 0 Å². The summed E-state index contributed by atoms with van der Waals surface area (Å²) in [6.07, 6.45) is 4.73. The average Bonchev–Trinajstić information content (AvgIpc) is 3.34. The highest BCUT2D eigenvalue weighted by Gasteiger charge is 2.35. The summed E-state index contributed by atoms with van der Waals surface area (Å²) in [4.78, 5) is 14.9. The van der Waals surface area contributed by atoms with Crippen LogP contribution in [0.1, 0.15) is 46.3 Å². The Labute approximate surface area is 136 Å². The zero-order valence-electron chi connectivity index (χ0n) is 13.3. The van der Waals surface area contributed by atoms with E-state index >= 15 is 0 Å². The van der Waals surface area contributed by atoms with Crippen molar-refractivity contribution in [3.05, 3.63) is 35.1 Å². The third kappa shape index (κ3) is 2.18. The quantitative estimate of drug-likeness (QED) is 0.760. The van der Waals surface area contributed by atoms with Crippen LogP contribution in [0.3, 0.4) is 0 Å². The molecule has 124 valence electrons. The Morgan fingerprint density at radius 2 is 2.29 bits per heavy atom. The van der Waals surface area contributed by atoms with Crippen LogP contribution in [-0.4, -0.2) is 52.9 Å². The molecule has 10 nitrogen and oxygen atoms in total. The number of H-pyrrole nitrogens is 1. The lowest BCUT2D eigenvalue weighted by Gasteiger charge is -2.24. The van der Waals surface area contributed by atoms with Gasteiger partial charge in [-0.15, -0.1) is 5.10 Å². The number of nitrogens with zero attached hydrogens (tertiary/aromatic N) is 7. The van der Waals surface area contributed by atoms with Crippen molar-refractivity contribution < 1.29 is 9.32 Å². The third-order valence-electron chi connectivity index (χ3n) is 4.36. The second-order valence-electron chi connectivity index (χ2n) is 5.78. The molecule has 0 unspecified atom stereocenters. The van der Waals surface area contributed by atoms with E-state index in [1.165, 1.54) is 17.2 Å². The molecule has 0 aliphatic carbocycles. The van der Waals surface area contributed by atoms with Gasteiger partial charge in [0.2, 0.25) is 0 Å². The van der Waals surface area contributed by atoms with Gasteiger partial charge in [-0.05, 0) is 37.1 Å². The molecule has 0 aromatic carbocycles. The molecular weight excluding hydrogens is 312 g/mol. The molecule has 24 heavy (non-hydrogen) atoms. The normalized spacial score (nSPS) is 17.6. The van der Waals surface area contributed by atoms with Gasteiger partial charge in [0.25, 0.3) is 5.91 Å². The predicted molar refractivity (Wildman–Crippen MR) is 80.3 cm³/mol. The van der Waals surface area contributed by atoms with E-state index in [9.17, 15) is 4.79 Å². The molecule has 4 heterocycles. The molecule has 1 aliphatic rings. The topological polar surface area (TPSA) is 119 Å². The molecule has 1 N–H and O–H groups in total. The standard InChI is InChI=1S/C14H16N8O2/c1-8-12(9(2)24-18-8)11-4-3-5-21(11)14(23)10-6-15-17-13(10)22-7-16-19-20-22/h6-7,11H,3-5H2,1-2H3,(H,15,17)/t11-/m0/s1. The minimum atomic E-state index is -0.114. The minimum absolute atomic E-state index is 0.0413. The van der Waals surface area contributed by atoms with Crippen molar-refractivity contribution in [2.75, 3.05) is 6.54 Å². The summed E-state index contributed by atoms with van der Waals surface area (Å²) in [5.41, 5.74) is 2.25. The Morgan fingerprint density at radius 1 is 1.42 bits per heavy atom. The maximum Gasteiger partial charge on any atom is 0.259 e. The Morgan fingerprint density at radius 3 is 3.00 bits per heavy atom. The summed E-state index contributed by atoms with van der Waals surface area (Å²) in [6.45, 7) is 4.45. The van der Waals surface area contributed by atoms with E-state index in [4.69, 9.17) is 4.52 Å². The van der Waals surface area contributed by atoms with Crippen molar-refractivity contribution in [3.63, 3.8) is 0 Å². The predicted octanol–water partition coefficient (Wildman–Crippen LogP) is 0.968. The molecule has 3 aromatic heterocycles. The smallest absolute Gasteiger partial charge is 0.259 e. The highest BCUT2D eigenvalue weighted by atomic mass is 16.5. The van der Waals surface area contributed by atoms with Crippen LogP contribution in [0, 0.1) is 13.8 Å². The zero-order chi connectivity index (χ0) is 16.7. The number of aromatic nitrogens is 7. The van der Waals surface area contributed by atoms with Crippen LogP contribution in [0.5, 0.6) is 0 Å². The molecule has 0 spiro atoms. The fourth-order valence-electron chi connectivity index (χ4n) is 3.30. The molecule has 1 aliphatic heterocycles. The van der Waals surface area contributed by atoms with Crippen molar-refractivity contribution in [1.82, 2.24) is 40.5 Å². The van der Waals surface area contributed by atoms with Gasteiger partial charge in [0, 0.05) is 12.1 Å². The van der Waals surface area contributed by atoms with E-state index in [-0.39, 0.29) is 11.9 Å². The van der Waals surface area contributed by atoms with Gasteiger partial charge in [0.05, 0.1) is 17.9 Å². The number of rotatable bonds is 3. The summed E-state index contributed by atoms with van der Waals surface area (Å²) in [6, 6.07) is -0.0413. The number of carbonyl (C=O) groups excluding carboxylic acids is 1. The zero-order valence-corrected chi connectivity index (χ0v) is 13.3. The molecule has 1 saturated heterocycles. The Hall–Kier alpha value is -3.04. The molecule has 1 fully saturated rings. The molecule has 1 atom stereocenters. The lowest BCUT2D eigenvalue weighted by atomic mass is 10.0. The highest BCUT2D eigenvalue weighted by Crippen LogP contribution is 2.36. The first-order valence-electron chi connectivity index (χ1n) is 7.67. The first kappa shape index (κ1) is 14.5. The van der Waals surface area contributed by atoms with E-state index in [1.54, 1.807) is 0 Å². The molecule has 0 saturated carbocycles. The van der Waals surface area contributed by atoms with Gasteiger partial charge in [0.15, 0.2) is 5.82 Å². The maximum atomic E-state index is 13.1. The van der Waals surface area contributed by atoms with Gasteiger partial charge in [0.1, 0.15) is 17.7 Å². The maximum absolute atomic E-state index is 13.1. The van der Waals surface area contributed by atoms with Gasteiger partial charge in [-0.2, -0.15) is 9.78 Å². The molecule has 3 aromatic rings. The van der Waals surface area contributed by atoms with Crippen LogP contribution < -0.4 is 0 Å². The van der Waals surface area contributed by atoms with E-state index in [2.05, 4.69) is 30.9 Å². The van der Waals surface area contributed by atoms with Crippen LogP contribution in [-0.2, 0) is 0 Å². The van der Waals surface area contributed by atoms with Crippen molar-refractivity contribution in [1.29, 1.82) is 0 Å². The van der Waals surface area contributed by atoms with Crippen LogP contribution >= 0.6 is 0 Å². The third-order valence-corrected chi connectivity index (χ3v) is 4.36. The highest BCUT2D eigenvalue weighted by molar-refractivity contribution is 5.97. The van der Waals surface area contributed by atoms with Crippen LogP contribution in [0.25, 0.3) is 5.82 Å². The second kappa shape index (κ2) is 5.55. The van der Waals surface area contributed by atoms with E-state index in [0.717, 1.165) is 29.9 Å². The number of aromatic amines is 1. The second-order valence-corrected chi connectivity index (χ2v) is 5.78. The molecular formula is C14H16N8O2. The summed E-state index contributed by atoms with van der Waals surface area (Å²) in [5, 5.41) is 21.8. The lowest BCUT2D eigenvalue weighted by molar-refractivity contribution is 0.0734. The lowest BCUT2D eigenvalue weighted by Crippen LogP contribution is -2.31. The SMILES string of the molecule is Cc1noc(C)c1[C@@H]1CCCN1C(=O)c1cn[nH]c1-n1cnnn1. The number of carbonyl (C=O) groups is 1. The number of hydrogen-bond acceptors (Lipinski definition) is 7. The monoisotopic (exact) mass is 328 g/mol. The average molecular weight is 328 g/mol. The number of tetrazole rings is 1. The minimum Gasteiger partial charge on any atom is -0.361 e. The first-order valence-corrected chi connectivity index (χ1v) is 7.67. The summed E-state index contributed by atoms with van der Waals surface area (Å²) < 4.78 is 6.66. The van der Waals surface area contributed by atoms with Crippen molar-refractivity contribution >= 4 is 5.91 Å². The first-order chi connectivity index (χ1) is 11.7. The summed E-state index contributed by atoms with van der Waals surface area (Å²) in [5.74, 6) is 1.09. The largest absolute Gasteiger partial charge is 0.361 e. The Bertz CT molecular complexity index is 846. The van der Waals surface area contributed by atoms with Crippen molar-refractivity contribution in [2.24, 2.45) is 0 Å². The van der Waals surface area contributed by atoms with E-state index in [1.807, 2.05) is 18.7 Å². The van der Waals surface area contributed by atoms with Gasteiger partial charge in [-0.3, -0.25) is 9.89 Å². The molecule has 0 radical (unpaired) electrons. The van der Waals surface area contributed by atoms with E-state index in [0.29, 0.717) is 17.9 Å². The molecule has 4 rings (SSSR count). The fourth-order valence-corrected chi connectivity index (χ4v) is 3.30.